The summed E-state index contributed by atoms with van der Waals surface area (Å²) in [5.41, 5.74) is 5.73. The van der Waals surface area contributed by atoms with Crippen LogP contribution in [0, 0.1) is 0 Å². The van der Waals surface area contributed by atoms with Gasteiger partial charge in [-0.15, -0.1) is 22.7 Å². The van der Waals surface area contributed by atoms with Gasteiger partial charge in [0.15, 0.2) is 0 Å². The zero-order chi connectivity index (χ0) is 27.3. The zero-order valence-corrected chi connectivity index (χ0v) is 25.8. The molecule has 0 saturated carbocycles. The van der Waals surface area contributed by atoms with Crippen molar-refractivity contribution in [3.8, 4) is 44.2 Å². The Labute approximate surface area is 247 Å². The van der Waals surface area contributed by atoms with Crippen LogP contribution in [-0.2, 0) is 0 Å². The molecule has 0 radical (unpaired) electrons. The number of hydrogen-bond acceptors (Lipinski definition) is 4. The standard InChI is InChI=1S/C34H28O2P2S2/c1-35-27-19-24(23-11-5-3-6-12-23)21-29(37-26-13-7-4-8-14-26)33(27)34-28(36-2)20-25(31-15-9-17-39-31)22-30(34)38-32-16-10-18-40-32/h3-22,37-38H,1-2H3. The molecule has 2 unspecified atom stereocenters. The number of benzene rings is 4. The number of thiophene rings is 2. The predicted molar refractivity (Wildman–Crippen MR) is 180 cm³/mol. The van der Waals surface area contributed by atoms with Gasteiger partial charge in [-0.3, -0.25) is 0 Å². The van der Waals surface area contributed by atoms with Crippen LogP contribution in [0.5, 0.6) is 11.5 Å². The van der Waals surface area contributed by atoms with E-state index < -0.39 is 0 Å². The molecule has 6 heteroatoms. The summed E-state index contributed by atoms with van der Waals surface area (Å²) < 4.78 is 13.7. The largest absolute Gasteiger partial charge is 0.496 e. The summed E-state index contributed by atoms with van der Waals surface area (Å²) >= 11 is 3.55. The third kappa shape index (κ3) is 5.78. The lowest BCUT2D eigenvalue weighted by Crippen LogP contribution is -2.15. The van der Waals surface area contributed by atoms with E-state index in [0.717, 1.165) is 28.2 Å². The van der Waals surface area contributed by atoms with E-state index in [2.05, 4.69) is 120 Å². The van der Waals surface area contributed by atoms with Gasteiger partial charge < -0.3 is 9.47 Å². The molecule has 0 saturated heterocycles. The summed E-state index contributed by atoms with van der Waals surface area (Å²) in [7, 11) is 4.51. The Bertz CT molecular complexity index is 1700. The monoisotopic (exact) mass is 594 g/mol. The van der Waals surface area contributed by atoms with Gasteiger partial charge >= 0.3 is 0 Å². The highest BCUT2D eigenvalue weighted by Gasteiger charge is 2.23. The molecule has 0 spiro atoms. The Morgan fingerprint density at radius 3 is 1.75 bits per heavy atom. The Morgan fingerprint density at radius 2 is 1.12 bits per heavy atom. The highest BCUT2D eigenvalue weighted by molar-refractivity contribution is 7.63. The fraction of sp³-hybridized carbons (Fsp3) is 0.0588. The quantitative estimate of drug-likeness (QED) is 0.158. The number of rotatable bonds is 9. The van der Waals surface area contributed by atoms with E-state index in [9.17, 15) is 0 Å². The molecule has 0 aliphatic carbocycles. The van der Waals surface area contributed by atoms with Crippen LogP contribution in [0.2, 0.25) is 0 Å². The SMILES string of the molecule is COc1cc(-c2ccccc2)cc(Pc2ccccc2)c1-c1c(OC)cc(-c2cccs2)cc1Pc1cccs1. The molecular formula is C34H28O2P2S2. The van der Waals surface area contributed by atoms with Crippen molar-refractivity contribution in [3.05, 3.63) is 120 Å². The van der Waals surface area contributed by atoms with E-state index in [-0.39, 0.29) is 0 Å². The molecule has 0 bridgehead atoms. The predicted octanol–water partition coefficient (Wildman–Crippen LogP) is 8.09. The van der Waals surface area contributed by atoms with Crippen molar-refractivity contribution in [1.29, 1.82) is 0 Å². The summed E-state index contributed by atoms with van der Waals surface area (Å²) in [5.74, 6) is 1.73. The van der Waals surface area contributed by atoms with Crippen LogP contribution in [0.3, 0.4) is 0 Å². The molecule has 4 aromatic carbocycles. The van der Waals surface area contributed by atoms with Gasteiger partial charge in [-0.1, -0.05) is 81.4 Å². The molecule has 0 amide bonds. The second-order valence-corrected chi connectivity index (χ2v) is 14.1. The highest BCUT2D eigenvalue weighted by Crippen LogP contribution is 2.43. The molecule has 40 heavy (non-hydrogen) atoms. The summed E-state index contributed by atoms with van der Waals surface area (Å²) in [6.07, 6.45) is 0. The summed E-state index contributed by atoms with van der Waals surface area (Å²) in [6.45, 7) is 0. The molecule has 0 aliphatic heterocycles. The van der Waals surface area contributed by atoms with E-state index in [1.165, 1.54) is 36.5 Å². The minimum Gasteiger partial charge on any atom is -0.496 e. The van der Waals surface area contributed by atoms with Gasteiger partial charge in [0, 0.05) is 20.6 Å². The summed E-state index contributed by atoms with van der Waals surface area (Å²) in [4.78, 5) is 1.24. The van der Waals surface area contributed by atoms with Crippen LogP contribution >= 0.6 is 39.8 Å². The van der Waals surface area contributed by atoms with Gasteiger partial charge in [-0.25, -0.2) is 0 Å². The van der Waals surface area contributed by atoms with Gasteiger partial charge in [0.05, 0.1) is 14.2 Å². The van der Waals surface area contributed by atoms with Gasteiger partial charge in [-0.2, -0.15) is 0 Å². The molecule has 0 aliphatic rings. The molecule has 198 valence electrons. The molecule has 0 N–H and O–H groups in total. The van der Waals surface area contributed by atoms with E-state index in [1.54, 1.807) is 36.9 Å². The first-order valence-electron chi connectivity index (χ1n) is 12.9. The van der Waals surface area contributed by atoms with Crippen LogP contribution in [-0.4, -0.2) is 14.2 Å². The number of ether oxygens (including phenoxy) is 2. The minimum atomic E-state index is 0.457. The molecule has 2 nitrogen and oxygen atoms in total. The third-order valence-electron chi connectivity index (χ3n) is 6.64. The Hall–Kier alpha value is -3.26. The smallest absolute Gasteiger partial charge is 0.128 e. The van der Waals surface area contributed by atoms with E-state index >= 15 is 0 Å². The minimum absolute atomic E-state index is 0.457. The van der Waals surface area contributed by atoms with Crippen LogP contribution in [0.1, 0.15) is 0 Å². The maximum atomic E-state index is 6.19. The molecule has 2 atom stereocenters. The first-order chi connectivity index (χ1) is 19.7. The van der Waals surface area contributed by atoms with Gasteiger partial charge in [0.25, 0.3) is 0 Å². The van der Waals surface area contributed by atoms with Crippen molar-refractivity contribution in [2.45, 2.75) is 0 Å². The average molecular weight is 595 g/mol. The summed E-state index contributed by atoms with van der Waals surface area (Å²) in [5, 5.41) is 8.06. The van der Waals surface area contributed by atoms with Crippen LogP contribution < -0.4 is 30.0 Å². The highest BCUT2D eigenvalue weighted by atomic mass is 32.1. The first-order valence-corrected chi connectivity index (χ1v) is 16.7. The molecular weight excluding hydrogens is 566 g/mol. The molecule has 6 rings (SSSR count). The molecule has 0 fully saturated rings. The normalized spacial score (nSPS) is 11.6. The Balaban J connectivity index is 1.62. The lowest BCUT2D eigenvalue weighted by molar-refractivity contribution is 0.411. The van der Waals surface area contributed by atoms with Gasteiger partial charge in [-0.05, 0) is 88.3 Å². The number of methoxy groups -OCH3 is 2. The second-order valence-electron chi connectivity index (χ2n) is 9.14. The Kier molecular flexibility index (Phi) is 8.42. The fourth-order valence-corrected chi connectivity index (χ4v) is 9.07. The van der Waals surface area contributed by atoms with Crippen molar-refractivity contribution in [2.75, 3.05) is 14.2 Å². The lowest BCUT2D eigenvalue weighted by atomic mass is 9.97. The Morgan fingerprint density at radius 1 is 0.525 bits per heavy atom. The second kappa shape index (κ2) is 12.5. The molecule has 2 aromatic heterocycles. The van der Waals surface area contributed by atoms with Gasteiger partial charge in [0.2, 0.25) is 0 Å². The fourth-order valence-electron chi connectivity index (χ4n) is 4.81. The summed E-state index contributed by atoms with van der Waals surface area (Å²) in [6, 6.07) is 38.9. The van der Waals surface area contributed by atoms with Crippen LogP contribution in [0.4, 0.5) is 0 Å². The van der Waals surface area contributed by atoms with Crippen molar-refractivity contribution in [1.82, 2.24) is 0 Å². The van der Waals surface area contributed by atoms with Crippen molar-refractivity contribution in [3.63, 3.8) is 0 Å². The van der Waals surface area contributed by atoms with Crippen molar-refractivity contribution in [2.24, 2.45) is 0 Å². The third-order valence-corrected chi connectivity index (χ3v) is 11.3. The first kappa shape index (κ1) is 26.9. The zero-order valence-electron chi connectivity index (χ0n) is 22.2. The van der Waals surface area contributed by atoms with E-state index in [4.69, 9.17) is 9.47 Å². The molecule has 6 aromatic rings. The van der Waals surface area contributed by atoms with Crippen LogP contribution in [0.15, 0.2) is 120 Å². The number of hydrogen-bond donors (Lipinski definition) is 0. The lowest BCUT2D eigenvalue weighted by Gasteiger charge is -2.22. The molecule has 2 heterocycles. The van der Waals surface area contributed by atoms with E-state index in [0.29, 0.717) is 17.2 Å². The van der Waals surface area contributed by atoms with Crippen molar-refractivity contribution >= 4 is 60.4 Å². The van der Waals surface area contributed by atoms with E-state index in [1.807, 2.05) is 0 Å². The maximum Gasteiger partial charge on any atom is 0.128 e. The average Bonchev–Trinajstić information content (AvgIpc) is 3.73. The maximum absolute atomic E-state index is 6.19. The topological polar surface area (TPSA) is 18.5 Å². The van der Waals surface area contributed by atoms with Crippen molar-refractivity contribution < 1.29 is 9.47 Å². The van der Waals surface area contributed by atoms with Gasteiger partial charge in [0.1, 0.15) is 11.5 Å². The van der Waals surface area contributed by atoms with Crippen LogP contribution in [0.25, 0.3) is 32.7 Å².